The van der Waals surface area contributed by atoms with Gasteiger partial charge in [0.15, 0.2) is 0 Å². The molecule has 0 radical (unpaired) electrons. The summed E-state index contributed by atoms with van der Waals surface area (Å²) in [4.78, 5) is 4.20. The molecule has 1 heterocycles. The number of benzene rings is 1. The Morgan fingerprint density at radius 2 is 1.90 bits per heavy atom. The van der Waals surface area contributed by atoms with Gasteiger partial charge in [-0.3, -0.25) is 4.98 Å². The molecule has 1 atom stereocenters. The van der Waals surface area contributed by atoms with Gasteiger partial charge >= 0.3 is 0 Å². The summed E-state index contributed by atoms with van der Waals surface area (Å²) in [6.07, 6.45) is 8.32. The summed E-state index contributed by atoms with van der Waals surface area (Å²) in [7, 11) is 0. The monoisotopic (exact) mass is 282 g/mol. The SMILES string of the molecule is CCCNC(CCc1cccnc1)Cc1ccc(C)cc1. The van der Waals surface area contributed by atoms with Crippen molar-refractivity contribution in [3.63, 3.8) is 0 Å². The summed E-state index contributed by atoms with van der Waals surface area (Å²) in [6.45, 7) is 5.44. The van der Waals surface area contributed by atoms with Crippen molar-refractivity contribution in [1.82, 2.24) is 10.3 Å². The van der Waals surface area contributed by atoms with Crippen molar-refractivity contribution in [2.24, 2.45) is 0 Å². The van der Waals surface area contributed by atoms with Crippen molar-refractivity contribution in [3.8, 4) is 0 Å². The molecule has 0 bridgehead atoms. The number of hydrogen-bond acceptors (Lipinski definition) is 2. The van der Waals surface area contributed by atoms with Gasteiger partial charge in [-0.05, 0) is 56.3 Å². The molecule has 0 saturated carbocycles. The van der Waals surface area contributed by atoms with Gasteiger partial charge in [0.2, 0.25) is 0 Å². The van der Waals surface area contributed by atoms with E-state index in [0.29, 0.717) is 6.04 Å². The van der Waals surface area contributed by atoms with Gasteiger partial charge in [0.1, 0.15) is 0 Å². The van der Waals surface area contributed by atoms with Gasteiger partial charge in [0, 0.05) is 18.4 Å². The van der Waals surface area contributed by atoms with E-state index < -0.39 is 0 Å². The molecule has 1 aromatic heterocycles. The Morgan fingerprint density at radius 1 is 1.10 bits per heavy atom. The van der Waals surface area contributed by atoms with Gasteiger partial charge in [-0.2, -0.15) is 0 Å². The standard InChI is InChI=1S/C19H26N2/c1-3-12-21-19(11-10-18-5-4-13-20-15-18)14-17-8-6-16(2)7-9-17/h4-9,13,15,19,21H,3,10-12,14H2,1-2H3. The zero-order valence-electron chi connectivity index (χ0n) is 13.2. The number of rotatable bonds is 8. The van der Waals surface area contributed by atoms with E-state index in [9.17, 15) is 0 Å². The first-order chi connectivity index (χ1) is 10.3. The quantitative estimate of drug-likeness (QED) is 0.793. The molecule has 0 fully saturated rings. The predicted molar refractivity (Wildman–Crippen MR) is 89.5 cm³/mol. The zero-order valence-corrected chi connectivity index (χ0v) is 13.2. The van der Waals surface area contributed by atoms with Gasteiger partial charge in [0.25, 0.3) is 0 Å². The third-order valence-electron chi connectivity index (χ3n) is 3.79. The fourth-order valence-electron chi connectivity index (χ4n) is 2.52. The average Bonchev–Trinajstić information content (AvgIpc) is 2.53. The molecule has 0 aliphatic rings. The van der Waals surface area contributed by atoms with Crippen LogP contribution in [0.1, 0.15) is 36.5 Å². The maximum atomic E-state index is 4.20. The van der Waals surface area contributed by atoms with Gasteiger partial charge in [0.05, 0.1) is 0 Å². The molecule has 0 spiro atoms. The van der Waals surface area contributed by atoms with Crippen LogP contribution in [0.25, 0.3) is 0 Å². The minimum absolute atomic E-state index is 0.535. The fourth-order valence-corrected chi connectivity index (χ4v) is 2.52. The number of hydrogen-bond donors (Lipinski definition) is 1. The van der Waals surface area contributed by atoms with Crippen molar-refractivity contribution < 1.29 is 0 Å². The molecule has 2 nitrogen and oxygen atoms in total. The Labute approximate surface area is 128 Å². The largest absolute Gasteiger partial charge is 0.314 e. The van der Waals surface area contributed by atoms with Crippen LogP contribution in [0.2, 0.25) is 0 Å². The minimum atomic E-state index is 0.535. The molecule has 1 aromatic carbocycles. The first-order valence-corrected chi connectivity index (χ1v) is 7.95. The molecule has 0 saturated heterocycles. The summed E-state index contributed by atoms with van der Waals surface area (Å²) in [5.74, 6) is 0. The van der Waals surface area contributed by atoms with Gasteiger partial charge < -0.3 is 5.32 Å². The summed E-state index contributed by atoms with van der Waals surface area (Å²) in [6, 6.07) is 13.6. The number of aryl methyl sites for hydroxylation is 2. The van der Waals surface area contributed by atoms with Crippen molar-refractivity contribution in [1.29, 1.82) is 0 Å². The number of nitrogens with zero attached hydrogens (tertiary/aromatic N) is 1. The van der Waals surface area contributed by atoms with E-state index >= 15 is 0 Å². The molecule has 21 heavy (non-hydrogen) atoms. The third kappa shape index (κ3) is 5.68. The molecule has 0 aliphatic carbocycles. The van der Waals surface area contributed by atoms with E-state index in [1.54, 1.807) is 0 Å². The summed E-state index contributed by atoms with van der Waals surface area (Å²) < 4.78 is 0. The smallest absolute Gasteiger partial charge is 0.0299 e. The molecule has 2 aromatic rings. The number of pyridine rings is 1. The van der Waals surface area contributed by atoms with Crippen LogP contribution in [0.15, 0.2) is 48.8 Å². The van der Waals surface area contributed by atoms with Crippen LogP contribution in [0.5, 0.6) is 0 Å². The van der Waals surface area contributed by atoms with Crippen LogP contribution < -0.4 is 5.32 Å². The van der Waals surface area contributed by atoms with E-state index in [0.717, 1.165) is 25.8 Å². The normalized spacial score (nSPS) is 12.3. The number of aromatic nitrogens is 1. The summed E-state index contributed by atoms with van der Waals surface area (Å²) in [5.41, 5.74) is 4.07. The van der Waals surface area contributed by atoms with E-state index in [1.165, 1.54) is 23.1 Å². The lowest BCUT2D eigenvalue weighted by Gasteiger charge is -2.19. The molecule has 1 unspecified atom stereocenters. The Morgan fingerprint density at radius 3 is 2.57 bits per heavy atom. The molecular formula is C19H26N2. The van der Waals surface area contributed by atoms with Crippen molar-refractivity contribution in [2.75, 3.05) is 6.54 Å². The zero-order chi connectivity index (χ0) is 14.9. The van der Waals surface area contributed by atoms with E-state index in [-0.39, 0.29) is 0 Å². The van der Waals surface area contributed by atoms with Crippen molar-refractivity contribution >= 4 is 0 Å². The van der Waals surface area contributed by atoms with E-state index in [1.807, 2.05) is 18.5 Å². The third-order valence-corrected chi connectivity index (χ3v) is 3.79. The van der Waals surface area contributed by atoms with Crippen molar-refractivity contribution in [2.45, 2.75) is 45.6 Å². The van der Waals surface area contributed by atoms with E-state index in [2.05, 4.69) is 54.5 Å². The molecule has 0 aliphatic heterocycles. The van der Waals surface area contributed by atoms with Crippen LogP contribution in [0.4, 0.5) is 0 Å². The Bertz CT molecular complexity index is 505. The topological polar surface area (TPSA) is 24.9 Å². The van der Waals surface area contributed by atoms with Crippen LogP contribution in [0, 0.1) is 6.92 Å². The second-order valence-electron chi connectivity index (χ2n) is 5.74. The van der Waals surface area contributed by atoms with Crippen molar-refractivity contribution in [3.05, 3.63) is 65.5 Å². The molecule has 112 valence electrons. The molecule has 2 rings (SSSR count). The Kier molecular flexibility index (Phi) is 6.42. The summed E-state index contributed by atoms with van der Waals surface area (Å²) in [5, 5.41) is 3.68. The highest BCUT2D eigenvalue weighted by molar-refractivity contribution is 5.22. The number of nitrogens with one attached hydrogen (secondary N) is 1. The van der Waals surface area contributed by atoms with Gasteiger partial charge in [-0.25, -0.2) is 0 Å². The lowest BCUT2D eigenvalue weighted by Crippen LogP contribution is -2.32. The van der Waals surface area contributed by atoms with Crippen LogP contribution in [-0.4, -0.2) is 17.6 Å². The first kappa shape index (κ1) is 15.7. The fraction of sp³-hybridized carbons (Fsp3) is 0.421. The molecule has 0 amide bonds. The highest BCUT2D eigenvalue weighted by atomic mass is 14.9. The highest BCUT2D eigenvalue weighted by Crippen LogP contribution is 2.11. The lowest BCUT2D eigenvalue weighted by molar-refractivity contribution is 0.477. The first-order valence-electron chi connectivity index (χ1n) is 7.95. The molecular weight excluding hydrogens is 256 g/mol. The lowest BCUT2D eigenvalue weighted by atomic mass is 9.99. The minimum Gasteiger partial charge on any atom is -0.314 e. The van der Waals surface area contributed by atoms with E-state index in [4.69, 9.17) is 0 Å². The Balaban J connectivity index is 1.92. The maximum Gasteiger partial charge on any atom is 0.0299 e. The Hall–Kier alpha value is -1.67. The summed E-state index contributed by atoms with van der Waals surface area (Å²) >= 11 is 0. The maximum absolute atomic E-state index is 4.20. The van der Waals surface area contributed by atoms with Gasteiger partial charge in [-0.15, -0.1) is 0 Å². The average molecular weight is 282 g/mol. The second kappa shape index (κ2) is 8.58. The highest BCUT2D eigenvalue weighted by Gasteiger charge is 2.09. The predicted octanol–water partition coefficient (Wildman–Crippen LogP) is 3.93. The second-order valence-corrected chi connectivity index (χ2v) is 5.74. The van der Waals surface area contributed by atoms with Gasteiger partial charge in [-0.1, -0.05) is 42.8 Å². The molecule has 2 heteroatoms. The van der Waals surface area contributed by atoms with Crippen LogP contribution in [-0.2, 0) is 12.8 Å². The molecule has 1 N–H and O–H groups in total. The van der Waals surface area contributed by atoms with Crippen LogP contribution in [0.3, 0.4) is 0 Å². The van der Waals surface area contributed by atoms with Crippen LogP contribution >= 0.6 is 0 Å².